The van der Waals surface area contributed by atoms with E-state index in [1.54, 1.807) is 18.4 Å². The minimum Gasteiger partial charge on any atom is -0.481 e. The number of furan rings is 1. The molecule has 0 bridgehead atoms. The largest absolute Gasteiger partial charge is 0.481 e. The van der Waals surface area contributed by atoms with Crippen molar-refractivity contribution in [2.24, 2.45) is 0 Å². The standard InChI is InChI=1S/C19H14N2O4S/c22-15(23)8-9-21-17(12-5-2-1-3-6-12)20-18-16(19(21)24)13(11-26-18)14-7-4-10-25-14/h1-7,10-11H,8-9H2,(H,22,23). The molecule has 6 nitrogen and oxygen atoms in total. The van der Waals surface area contributed by atoms with Crippen molar-refractivity contribution in [3.05, 3.63) is 64.5 Å². The summed E-state index contributed by atoms with van der Waals surface area (Å²) >= 11 is 1.37. The Morgan fingerprint density at radius 3 is 2.69 bits per heavy atom. The van der Waals surface area contributed by atoms with Gasteiger partial charge in [0.2, 0.25) is 0 Å². The number of benzene rings is 1. The molecule has 4 aromatic rings. The number of aliphatic carboxylic acids is 1. The third kappa shape index (κ3) is 2.82. The molecule has 0 aliphatic rings. The van der Waals surface area contributed by atoms with Gasteiger partial charge in [0, 0.05) is 23.1 Å². The number of aromatic nitrogens is 2. The first-order valence-corrected chi connectivity index (χ1v) is 8.86. The summed E-state index contributed by atoms with van der Waals surface area (Å²) < 4.78 is 6.87. The molecular formula is C19H14N2O4S. The minimum atomic E-state index is -0.965. The first-order valence-electron chi connectivity index (χ1n) is 7.98. The Morgan fingerprint density at radius 2 is 2.00 bits per heavy atom. The summed E-state index contributed by atoms with van der Waals surface area (Å²) in [7, 11) is 0. The summed E-state index contributed by atoms with van der Waals surface area (Å²) in [5, 5.41) is 11.4. The summed E-state index contributed by atoms with van der Waals surface area (Å²) in [4.78, 5) is 29.5. The second kappa shape index (κ2) is 6.61. The molecule has 0 spiro atoms. The predicted octanol–water partition coefficient (Wildman–Crippen LogP) is 3.86. The van der Waals surface area contributed by atoms with Gasteiger partial charge in [-0.1, -0.05) is 30.3 Å². The van der Waals surface area contributed by atoms with Crippen molar-refractivity contribution >= 4 is 27.5 Å². The molecule has 3 heterocycles. The number of nitrogens with zero attached hydrogens (tertiary/aromatic N) is 2. The van der Waals surface area contributed by atoms with E-state index in [1.165, 1.54) is 15.9 Å². The number of fused-ring (bicyclic) bond motifs is 1. The average Bonchev–Trinajstić information content (AvgIpc) is 3.30. The van der Waals surface area contributed by atoms with E-state index in [4.69, 9.17) is 9.52 Å². The van der Waals surface area contributed by atoms with Crippen LogP contribution in [0.25, 0.3) is 32.9 Å². The highest BCUT2D eigenvalue weighted by molar-refractivity contribution is 7.17. The Bertz CT molecular complexity index is 1130. The number of rotatable bonds is 5. The van der Waals surface area contributed by atoms with E-state index in [0.717, 1.165) is 5.56 Å². The lowest BCUT2D eigenvalue weighted by molar-refractivity contribution is -0.137. The van der Waals surface area contributed by atoms with Crippen LogP contribution in [0.15, 0.2) is 63.3 Å². The van der Waals surface area contributed by atoms with Crippen LogP contribution in [0.3, 0.4) is 0 Å². The number of thiophene rings is 1. The van der Waals surface area contributed by atoms with Crippen LogP contribution in [0.1, 0.15) is 6.42 Å². The van der Waals surface area contributed by atoms with Gasteiger partial charge in [-0.05, 0) is 12.1 Å². The van der Waals surface area contributed by atoms with E-state index in [9.17, 15) is 9.59 Å². The minimum absolute atomic E-state index is 0.0504. The van der Waals surface area contributed by atoms with E-state index < -0.39 is 5.97 Å². The zero-order valence-corrected chi connectivity index (χ0v) is 14.4. The smallest absolute Gasteiger partial charge is 0.305 e. The zero-order chi connectivity index (χ0) is 18.1. The van der Waals surface area contributed by atoms with Gasteiger partial charge in [-0.25, -0.2) is 4.98 Å². The number of carboxylic acids is 1. The predicted molar refractivity (Wildman–Crippen MR) is 99.3 cm³/mol. The Balaban J connectivity index is 1.98. The summed E-state index contributed by atoms with van der Waals surface area (Å²) in [5.41, 5.74) is 1.18. The van der Waals surface area contributed by atoms with E-state index in [2.05, 4.69) is 4.98 Å². The van der Waals surface area contributed by atoms with E-state index >= 15 is 0 Å². The highest BCUT2D eigenvalue weighted by atomic mass is 32.1. The molecule has 7 heteroatoms. The fourth-order valence-electron chi connectivity index (χ4n) is 2.86. The Hall–Kier alpha value is -3.19. The van der Waals surface area contributed by atoms with Crippen molar-refractivity contribution in [2.45, 2.75) is 13.0 Å². The first kappa shape index (κ1) is 16.3. The van der Waals surface area contributed by atoms with Crippen molar-refractivity contribution < 1.29 is 14.3 Å². The Morgan fingerprint density at radius 1 is 1.19 bits per heavy atom. The SMILES string of the molecule is O=C(O)CCn1c(-c2ccccc2)nc2scc(-c3ccco3)c2c1=O. The molecule has 3 aromatic heterocycles. The molecule has 0 radical (unpaired) electrons. The van der Waals surface area contributed by atoms with Crippen molar-refractivity contribution in [3.63, 3.8) is 0 Å². The number of hydrogen-bond donors (Lipinski definition) is 1. The van der Waals surface area contributed by atoms with Gasteiger partial charge >= 0.3 is 5.97 Å². The molecule has 0 saturated heterocycles. The van der Waals surface area contributed by atoms with Gasteiger partial charge in [-0.3, -0.25) is 14.2 Å². The molecule has 1 N–H and O–H groups in total. The van der Waals surface area contributed by atoms with Crippen LogP contribution >= 0.6 is 11.3 Å². The molecular weight excluding hydrogens is 352 g/mol. The molecule has 0 saturated carbocycles. The van der Waals surface area contributed by atoms with E-state index in [0.29, 0.717) is 27.4 Å². The van der Waals surface area contributed by atoms with Gasteiger partial charge < -0.3 is 9.52 Å². The van der Waals surface area contributed by atoms with Crippen LogP contribution < -0.4 is 5.56 Å². The molecule has 0 aliphatic carbocycles. The number of carboxylic acid groups (broad SMARTS) is 1. The Labute approximate surface area is 152 Å². The molecule has 0 amide bonds. The monoisotopic (exact) mass is 366 g/mol. The lowest BCUT2D eigenvalue weighted by Gasteiger charge is -2.12. The maximum Gasteiger partial charge on any atom is 0.305 e. The third-order valence-electron chi connectivity index (χ3n) is 4.06. The van der Waals surface area contributed by atoms with Crippen LogP contribution in [0, 0.1) is 0 Å². The van der Waals surface area contributed by atoms with E-state index in [-0.39, 0.29) is 18.5 Å². The average molecular weight is 366 g/mol. The molecule has 0 aliphatic heterocycles. The molecule has 0 fully saturated rings. The Kier molecular flexibility index (Phi) is 4.14. The van der Waals surface area contributed by atoms with Gasteiger partial charge in [0.1, 0.15) is 16.4 Å². The van der Waals surface area contributed by atoms with Gasteiger partial charge in [-0.15, -0.1) is 11.3 Å². The third-order valence-corrected chi connectivity index (χ3v) is 4.93. The van der Waals surface area contributed by atoms with Gasteiger partial charge in [0.05, 0.1) is 18.1 Å². The van der Waals surface area contributed by atoms with E-state index in [1.807, 2.05) is 35.7 Å². The van der Waals surface area contributed by atoms with Crippen LogP contribution in [0.5, 0.6) is 0 Å². The van der Waals surface area contributed by atoms with Gasteiger partial charge in [0.25, 0.3) is 5.56 Å². The first-order chi connectivity index (χ1) is 12.6. The summed E-state index contributed by atoms with van der Waals surface area (Å²) in [6, 6.07) is 12.8. The zero-order valence-electron chi connectivity index (χ0n) is 13.6. The summed E-state index contributed by atoms with van der Waals surface area (Å²) in [5.74, 6) is 0.0946. The second-order valence-electron chi connectivity index (χ2n) is 5.71. The van der Waals surface area contributed by atoms with Gasteiger partial charge in [-0.2, -0.15) is 0 Å². The fraction of sp³-hybridized carbons (Fsp3) is 0.105. The quantitative estimate of drug-likeness (QED) is 0.580. The van der Waals surface area contributed by atoms with Crippen molar-refractivity contribution in [1.29, 1.82) is 0 Å². The van der Waals surface area contributed by atoms with Crippen molar-refractivity contribution in [1.82, 2.24) is 9.55 Å². The molecule has 0 atom stereocenters. The van der Waals surface area contributed by atoms with Crippen molar-refractivity contribution in [3.8, 4) is 22.7 Å². The fourth-order valence-corrected chi connectivity index (χ4v) is 3.78. The number of hydrogen-bond acceptors (Lipinski definition) is 5. The van der Waals surface area contributed by atoms with Crippen LogP contribution in [0.2, 0.25) is 0 Å². The number of carbonyl (C=O) groups is 1. The maximum absolute atomic E-state index is 13.2. The van der Waals surface area contributed by atoms with Crippen LogP contribution in [-0.2, 0) is 11.3 Å². The highest BCUT2D eigenvalue weighted by Crippen LogP contribution is 2.32. The van der Waals surface area contributed by atoms with Crippen molar-refractivity contribution in [2.75, 3.05) is 0 Å². The van der Waals surface area contributed by atoms with Gasteiger partial charge in [0.15, 0.2) is 0 Å². The summed E-state index contributed by atoms with van der Waals surface area (Å²) in [6.45, 7) is 0.0504. The molecule has 4 rings (SSSR count). The van der Waals surface area contributed by atoms with Crippen LogP contribution in [-0.4, -0.2) is 20.6 Å². The molecule has 1 aromatic carbocycles. The second-order valence-corrected chi connectivity index (χ2v) is 6.57. The molecule has 130 valence electrons. The molecule has 26 heavy (non-hydrogen) atoms. The van der Waals surface area contributed by atoms with Crippen LogP contribution in [0.4, 0.5) is 0 Å². The normalized spacial score (nSPS) is 11.1. The highest BCUT2D eigenvalue weighted by Gasteiger charge is 2.19. The lowest BCUT2D eigenvalue weighted by atomic mass is 10.1. The molecule has 0 unspecified atom stereocenters. The lowest BCUT2D eigenvalue weighted by Crippen LogP contribution is -2.24. The summed E-state index contributed by atoms with van der Waals surface area (Å²) in [6.07, 6.45) is 1.39. The topological polar surface area (TPSA) is 85.3 Å². The maximum atomic E-state index is 13.2.